The van der Waals surface area contributed by atoms with Crippen molar-refractivity contribution in [3.8, 4) is 0 Å². The zero-order valence-corrected chi connectivity index (χ0v) is 12.2. The summed E-state index contributed by atoms with van der Waals surface area (Å²) in [6, 6.07) is 10.9. The van der Waals surface area contributed by atoms with Crippen molar-refractivity contribution in [2.75, 3.05) is 0 Å². The Morgan fingerprint density at radius 2 is 1.90 bits per heavy atom. The first-order valence-corrected chi connectivity index (χ1v) is 6.70. The molecule has 0 unspecified atom stereocenters. The van der Waals surface area contributed by atoms with Crippen LogP contribution in [0.1, 0.15) is 15.9 Å². The molecule has 0 saturated carbocycles. The van der Waals surface area contributed by atoms with Crippen molar-refractivity contribution in [3.05, 3.63) is 73.8 Å². The van der Waals surface area contributed by atoms with Gasteiger partial charge < -0.3 is 5.32 Å². The largest absolute Gasteiger partial charge is 0.348 e. The fourth-order valence-electron chi connectivity index (χ4n) is 1.76. The molecule has 0 radical (unpaired) electrons. The Morgan fingerprint density at radius 1 is 1.19 bits per heavy atom. The zero-order valence-electron chi connectivity index (χ0n) is 10.7. The summed E-state index contributed by atoms with van der Waals surface area (Å²) >= 11 is 11.7. The highest BCUT2D eigenvalue weighted by molar-refractivity contribution is 6.31. The van der Waals surface area contributed by atoms with Gasteiger partial charge in [0, 0.05) is 22.7 Å². The van der Waals surface area contributed by atoms with E-state index >= 15 is 0 Å². The fraction of sp³-hybridized carbons (Fsp3) is 0.0714. The molecule has 0 aromatic heterocycles. The molecule has 0 bridgehead atoms. The average Bonchev–Trinajstić information content (AvgIpc) is 2.46. The van der Waals surface area contributed by atoms with Crippen molar-refractivity contribution in [3.63, 3.8) is 0 Å². The molecule has 0 heterocycles. The first kappa shape index (κ1) is 15.3. The van der Waals surface area contributed by atoms with Crippen LogP contribution < -0.4 is 5.32 Å². The monoisotopic (exact) mass is 324 g/mol. The molecular formula is C14H10Cl2N2O3. The number of nitro groups is 1. The molecule has 2 aromatic carbocycles. The van der Waals surface area contributed by atoms with E-state index in [4.69, 9.17) is 23.2 Å². The van der Waals surface area contributed by atoms with Gasteiger partial charge in [-0.3, -0.25) is 14.9 Å². The van der Waals surface area contributed by atoms with Gasteiger partial charge in [-0.15, -0.1) is 0 Å². The van der Waals surface area contributed by atoms with Crippen LogP contribution in [0.25, 0.3) is 0 Å². The van der Waals surface area contributed by atoms with Gasteiger partial charge in [-0.05, 0) is 23.8 Å². The second-order valence-electron chi connectivity index (χ2n) is 4.19. The number of benzene rings is 2. The molecule has 0 atom stereocenters. The van der Waals surface area contributed by atoms with Crippen LogP contribution in [0.2, 0.25) is 10.0 Å². The third-order valence-corrected chi connectivity index (χ3v) is 3.40. The minimum atomic E-state index is -0.643. The van der Waals surface area contributed by atoms with E-state index in [1.165, 1.54) is 12.1 Å². The number of nitro benzene ring substituents is 1. The Labute approximate surface area is 130 Å². The third kappa shape index (κ3) is 3.71. The summed E-state index contributed by atoms with van der Waals surface area (Å²) in [5, 5.41) is 14.3. The summed E-state index contributed by atoms with van der Waals surface area (Å²) in [5.74, 6) is -0.557. The van der Waals surface area contributed by atoms with Crippen molar-refractivity contribution in [2.24, 2.45) is 0 Å². The lowest BCUT2D eigenvalue weighted by molar-refractivity contribution is -0.385. The number of halogens is 2. The van der Waals surface area contributed by atoms with Crippen LogP contribution in [-0.2, 0) is 6.54 Å². The average molecular weight is 325 g/mol. The molecule has 0 saturated heterocycles. The van der Waals surface area contributed by atoms with Crippen LogP contribution in [0.5, 0.6) is 0 Å². The summed E-state index contributed by atoms with van der Waals surface area (Å²) in [4.78, 5) is 22.4. The lowest BCUT2D eigenvalue weighted by Gasteiger charge is -2.07. The Bertz CT molecular complexity index is 704. The second kappa shape index (κ2) is 6.56. The van der Waals surface area contributed by atoms with Crippen LogP contribution in [0, 0.1) is 10.1 Å². The lowest BCUT2D eigenvalue weighted by Crippen LogP contribution is -2.23. The zero-order chi connectivity index (χ0) is 15.4. The van der Waals surface area contributed by atoms with E-state index in [9.17, 15) is 14.9 Å². The Kier molecular flexibility index (Phi) is 4.77. The van der Waals surface area contributed by atoms with E-state index in [1.807, 2.05) is 0 Å². The van der Waals surface area contributed by atoms with Crippen molar-refractivity contribution in [1.29, 1.82) is 0 Å². The highest BCUT2D eigenvalue weighted by Gasteiger charge is 2.20. The first-order valence-electron chi connectivity index (χ1n) is 5.94. The van der Waals surface area contributed by atoms with E-state index in [1.54, 1.807) is 24.3 Å². The molecule has 0 fully saturated rings. The molecule has 5 nitrogen and oxygen atoms in total. The van der Waals surface area contributed by atoms with E-state index in [0.717, 1.165) is 11.6 Å². The molecule has 1 N–H and O–H groups in total. The van der Waals surface area contributed by atoms with E-state index in [-0.39, 0.29) is 22.8 Å². The maximum atomic E-state index is 12.1. The molecule has 2 aromatic rings. The van der Waals surface area contributed by atoms with Crippen molar-refractivity contribution in [2.45, 2.75) is 6.54 Å². The number of nitrogens with zero attached hydrogens (tertiary/aromatic N) is 1. The Balaban J connectivity index is 2.18. The molecule has 7 heteroatoms. The van der Waals surface area contributed by atoms with Gasteiger partial charge in [0.25, 0.3) is 11.6 Å². The van der Waals surface area contributed by atoms with Gasteiger partial charge in [-0.25, -0.2) is 0 Å². The Morgan fingerprint density at radius 3 is 2.57 bits per heavy atom. The Hall–Kier alpha value is -2.11. The van der Waals surface area contributed by atoms with Gasteiger partial charge in [-0.2, -0.15) is 0 Å². The molecule has 0 aliphatic heterocycles. The van der Waals surface area contributed by atoms with Gasteiger partial charge in [0.15, 0.2) is 0 Å². The van der Waals surface area contributed by atoms with Crippen LogP contribution in [-0.4, -0.2) is 10.8 Å². The number of nitrogens with one attached hydrogen (secondary N) is 1. The standard InChI is InChI=1S/C14H10Cl2N2O3/c15-10-5-6-11(13(7-10)18(20)21)14(19)17-8-9-3-1-2-4-12(9)16/h1-7H,8H2,(H,17,19). The number of hydrogen-bond acceptors (Lipinski definition) is 3. The van der Waals surface area contributed by atoms with Crippen LogP contribution >= 0.6 is 23.2 Å². The molecule has 2 rings (SSSR count). The molecule has 21 heavy (non-hydrogen) atoms. The van der Waals surface area contributed by atoms with E-state index < -0.39 is 10.8 Å². The fourth-order valence-corrected chi connectivity index (χ4v) is 2.13. The van der Waals surface area contributed by atoms with E-state index in [2.05, 4.69) is 5.32 Å². The summed E-state index contributed by atoms with van der Waals surface area (Å²) in [6.45, 7) is 0.179. The predicted octanol–water partition coefficient (Wildman–Crippen LogP) is 3.83. The highest BCUT2D eigenvalue weighted by Crippen LogP contribution is 2.23. The van der Waals surface area contributed by atoms with Gasteiger partial charge in [0.2, 0.25) is 0 Å². The lowest BCUT2D eigenvalue weighted by atomic mass is 10.1. The SMILES string of the molecule is O=C(NCc1ccccc1Cl)c1ccc(Cl)cc1[N+](=O)[O-]. The van der Waals surface area contributed by atoms with E-state index in [0.29, 0.717) is 5.02 Å². The van der Waals surface area contributed by atoms with Crippen LogP contribution in [0.4, 0.5) is 5.69 Å². The number of amides is 1. The molecule has 108 valence electrons. The maximum absolute atomic E-state index is 12.1. The predicted molar refractivity (Wildman–Crippen MR) is 80.7 cm³/mol. The van der Waals surface area contributed by atoms with Gasteiger partial charge in [0.1, 0.15) is 5.56 Å². The topological polar surface area (TPSA) is 72.2 Å². The number of rotatable bonds is 4. The normalized spacial score (nSPS) is 10.2. The van der Waals surface area contributed by atoms with Gasteiger partial charge >= 0.3 is 0 Å². The third-order valence-electron chi connectivity index (χ3n) is 2.80. The van der Waals surface area contributed by atoms with Gasteiger partial charge in [0.05, 0.1) is 4.92 Å². The molecular weight excluding hydrogens is 315 g/mol. The van der Waals surface area contributed by atoms with Crippen LogP contribution in [0.15, 0.2) is 42.5 Å². The van der Waals surface area contributed by atoms with Crippen molar-refractivity contribution < 1.29 is 9.72 Å². The minimum Gasteiger partial charge on any atom is -0.348 e. The summed E-state index contributed by atoms with van der Waals surface area (Å²) in [5.41, 5.74) is 0.347. The first-order chi connectivity index (χ1) is 9.99. The minimum absolute atomic E-state index is 0.0450. The summed E-state index contributed by atoms with van der Waals surface area (Å²) < 4.78 is 0. The number of carbonyl (C=O) groups is 1. The summed E-state index contributed by atoms with van der Waals surface area (Å²) in [7, 11) is 0. The number of carbonyl (C=O) groups excluding carboxylic acids is 1. The van der Waals surface area contributed by atoms with Crippen molar-refractivity contribution in [1.82, 2.24) is 5.32 Å². The molecule has 0 aliphatic rings. The van der Waals surface area contributed by atoms with Gasteiger partial charge in [-0.1, -0.05) is 41.4 Å². The summed E-state index contributed by atoms with van der Waals surface area (Å²) in [6.07, 6.45) is 0. The quantitative estimate of drug-likeness (QED) is 0.686. The molecule has 0 aliphatic carbocycles. The number of hydrogen-bond donors (Lipinski definition) is 1. The highest BCUT2D eigenvalue weighted by atomic mass is 35.5. The maximum Gasteiger partial charge on any atom is 0.283 e. The van der Waals surface area contributed by atoms with Crippen molar-refractivity contribution >= 4 is 34.8 Å². The smallest absolute Gasteiger partial charge is 0.283 e. The van der Waals surface area contributed by atoms with Crippen LogP contribution in [0.3, 0.4) is 0 Å². The second-order valence-corrected chi connectivity index (χ2v) is 5.04. The molecule has 1 amide bonds. The molecule has 0 spiro atoms.